The predicted molar refractivity (Wildman–Crippen MR) is 87.8 cm³/mol. The summed E-state index contributed by atoms with van der Waals surface area (Å²) < 4.78 is 39.3. The number of rotatable bonds is 4. The zero-order valence-corrected chi connectivity index (χ0v) is 14.6. The Balaban J connectivity index is 1.94. The molecule has 2 aliphatic rings. The lowest BCUT2D eigenvalue weighted by molar-refractivity contribution is -0.0260. The van der Waals surface area contributed by atoms with Crippen LogP contribution in [0.25, 0.3) is 0 Å². The van der Waals surface area contributed by atoms with E-state index in [1.165, 1.54) is 0 Å². The van der Waals surface area contributed by atoms with Crippen LogP contribution in [0.5, 0.6) is 0 Å². The van der Waals surface area contributed by atoms with E-state index in [2.05, 4.69) is 0 Å². The number of hydrogen-bond donors (Lipinski definition) is 0. The molecule has 1 aliphatic heterocycles. The van der Waals surface area contributed by atoms with E-state index in [9.17, 15) is 8.42 Å². The zero-order valence-electron chi connectivity index (χ0n) is 13.8. The van der Waals surface area contributed by atoms with E-state index in [0.717, 1.165) is 24.8 Å². The summed E-state index contributed by atoms with van der Waals surface area (Å²) in [5.74, 6) is 0.207. The molecule has 0 amide bonds. The van der Waals surface area contributed by atoms with Crippen molar-refractivity contribution in [3.8, 4) is 0 Å². The summed E-state index contributed by atoms with van der Waals surface area (Å²) >= 11 is 0. The van der Waals surface area contributed by atoms with Crippen LogP contribution < -0.4 is 0 Å². The molecule has 0 unspecified atom stereocenters. The van der Waals surface area contributed by atoms with Gasteiger partial charge in [-0.1, -0.05) is 24.6 Å². The van der Waals surface area contributed by atoms with Gasteiger partial charge in [0.2, 0.25) is 10.0 Å². The second-order valence-electron chi connectivity index (χ2n) is 6.39. The Morgan fingerprint density at radius 1 is 1.26 bits per heavy atom. The van der Waals surface area contributed by atoms with Gasteiger partial charge in [-0.3, -0.25) is 0 Å². The summed E-state index contributed by atoms with van der Waals surface area (Å²) in [6.45, 7) is 3.16. The Bertz CT molecular complexity index is 646. The minimum atomic E-state index is -3.51. The molecular formula is C17H25NO4S. The SMILES string of the molecule is CO[C@@H]1CCC[C@@H]1[C@@H]1COCCN1S(=O)(=O)c1ccccc1C. The Hall–Kier alpha value is -0.950. The van der Waals surface area contributed by atoms with Gasteiger partial charge in [0.15, 0.2) is 0 Å². The van der Waals surface area contributed by atoms with Crippen LogP contribution in [0.4, 0.5) is 0 Å². The van der Waals surface area contributed by atoms with E-state index in [1.54, 1.807) is 23.5 Å². The molecule has 23 heavy (non-hydrogen) atoms. The molecule has 1 saturated heterocycles. The molecule has 2 fully saturated rings. The Kier molecular flexibility index (Phi) is 5.06. The van der Waals surface area contributed by atoms with Gasteiger partial charge in [-0.05, 0) is 31.4 Å². The van der Waals surface area contributed by atoms with Crippen LogP contribution in [-0.2, 0) is 19.5 Å². The predicted octanol–water partition coefficient (Wildman–Crippen LogP) is 2.20. The topological polar surface area (TPSA) is 55.8 Å². The molecule has 1 saturated carbocycles. The molecule has 0 radical (unpaired) electrons. The molecule has 0 aromatic heterocycles. The van der Waals surface area contributed by atoms with Crippen LogP contribution in [-0.4, -0.2) is 51.7 Å². The van der Waals surface area contributed by atoms with Crippen molar-refractivity contribution in [1.82, 2.24) is 4.31 Å². The summed E-state index contributed by atoms with van der Waals surface area (Å²) in [6.07, 6.45) is 3.19. The Labute approximate surface area is 138 Å². The number of nitrogens with zero attached hydrogens (tertiary/aromatic N) is 1. The molecule has 1 aromatic rings. The van der Waals surface area contributed by atoms with Crippen LogP contribution in [0.15, 0.2) is 29.2 Å². The van der Waals surface area contributed by atoms with E-state index in [4.69, 9.17) is 9.47 Å². The first kappa shape index (κ1) is 16.9. The summed E-state index contributed by atoms with van der Waals surface area (Å²) in [6, 6.07) is 7.04. The first-order valence-corrected chi connectivity index (χ1v) is 9.67. The van der Waals surface area contributed by atoms with E-state index in [1.807, 2.05) is 19.1 Å². The van der Waals surface area contributed by atoms with E-state index < -0.39 is 10.0 Å². The summed E-state index contributed by atoms with van der Waals surface area (Å²) in [7, 11) is -1.80. The molecule has 1 aliphatic carbocycles. The first-order valence-electron chi connectivity index (χ1n) is 8.23. The average molecular weight is 339 g/mol. The summed E-state index contributed by atoms with van der Waals surface area (Å²) in [5, 5.41) is 0. The van der Waals surface area contributed by atoms with Crippen molar-refractivity contribution in [2.24, 2.45) is 5.92 Å². The molecular weight excluding hydrogens is 314 g/mol. The number of benzene rings is 1. The smallest absolute Gasteiger partial charge is 0.243 e. The normalized spacial score (nSPS) is 29.7. The third-order valence-electron chi connectivity index (χ3n) is 5.10. The first-order chi connectivity index (χ1) is 11.1. The van der Waals surface area contributed by atoms with Crippen LogP contribution in [0.1, 0.15) is 24.8 Å². The largest absolute Gasteiger partial charge is 0.381 e. The number of aryl methyl sites for hydroxylation is 1. The third kappa shape index (κ3) is 3.18. The molecule has 3 rings (SSSR count). The van der Waals surface area contributed by atoms with Crippen molar-refractivity contribution < 1.29 is 17.9 Å². The molecule has 3 atom stereocenters. The van der Waals surface area contributed by atoms with Gasteiger partial charge in [0.05, 0.1) is 30.3 Å². The Morgan fingerprint density at radius 3 is 2.78 bits per heavy atom. The van der Waals surface area contributed by atoms with Gasteiger partial charge in [0.25, 0.3) is 0 Å². The molecule has 6 heteroatoms. The number of methoxy groups -OCH3 is 1. The maximum atomic E-state index is 13.2. The van der Waals surface area contributed by atoms with E-state index >= 15 is 0 Å². The van der Waals surface area contributed by atoms with Crippen LogP contribution in [0.2, 0.25) is 0 Å². The molecule has 128 valence electrons. The van der Waals surface area contributed by atoms with Gasteiger partial charge in [-0.15, -0.1) is 0 Å². The highest BCUT2D eigenvalue weighted by atomic mass is 32.2. The molecule has 0 bridgehead atoms. The maximum Gasteiger partial charge on any atom is 0.243 e. The van der Waals surface area contributed by atoms with Gasteiger partial charge in [-0.2, -0.15) is 4.31 Å². The second kappa shape index (κ2) is 6.89. The van der Waals surface area contributed by atoms with Crippen molar-refractivity contribution in [2.45, 2.75) is 43.2 Å². The zero-order chi connectivity index (χ0) is 16.4. The maximum absolute atomic E-state index is 13.2. The van der Waals surface area contributed by atoms with Crippen LogP contribution >= 0.6 is 0 Å². The summed E-state index contributed by atoms with van der Waals surface area (Å²) in [5.41, 5.74) is 0.785. The second-order valence-corrected chi connectivity index (χ2v) is 8.25. The minimum absolute atomic E-state index is 0.122. The van der Waals surface area contributed by atoms with Gasteiger partial charge >= 0.3 is 0 Å². The lowest BCUT2D eigenvalue weighted by Gasteiger charge is -2.39. The fourth-order valence-corrected chi connectivity index (χ4v) is 5.77. The molecule has 1 heterocycles. The molecule has 0 N–H and O–H groups in total. The van der Waals surface area contributed by atoms with Gasteiger partial charge in [0.1, 0.15) is 0 Å². The fraction of sp³-hybridized carbons (Fsp3) is 0.647. The minimum Gasteiger partial charge on any atom is -0.381 e. The third-order valence-corrected chi connectivity index (χ3v) is 7.18. The molecule has 0 spiro atoms. The molecule has 1 aromatic carbocycles. The average Bonchev–Trinajstić information content (AvgIpc) is 3.03. The number of morpholine rings is 1. The van der Waals surface area contributed by atoms with Crippen molar-refractivity contribution >= 4 is 10.0 Å². The van der Waals surface area contributed by atoms with Crippen LogP contribution in [0, 0.1) is 12.8 Å². The standard InChI is InChI=1S/C17H25NO4S/c1-13-6-3-4-9-17(13)23(19,20)18-10-11-22-12-15(18)14-7-5-8-16(14)21-2/h3-4,6,9,14-16H,5,7-8,10-12H2,1-2H3/t14-,15+,16-/m1/s1. The van der Waals surface area contributed by atoms with E-state index in [0.29, 0.717) is 24.7 Å². The van der Waals surface area contributed by atoms with Crippen molar-refractivity contribution in [3.63, 3.8) is 0 Å². The van der Waals surface area contributed by atoms with Crippen LogP contribution in [0.3, 0.4) is 0 Å². The number of hydrogen-bond acceptors (Lipinski definition) is 4. The van der Waals surface area contributed by atoms with Crippen molar-refractivity contribution in [2.75, 3.05) is 26.9 Å². The van der Waals surface area contributed by atoms with Gasteiger partial charge in [-0.25, -0.2) is 8.42 Å². The summed E-state index contributed by atoms with van der Waals surface area (Å²) in [4.78, 5) is 0.402. The molecule has 5 nitrogen and oxygen atoms in total. The quantitative estimate of drug-likeness (QED) is 0.844. The van der Waals surface area contributed by atoms with Crippen molar-refractivity contribution in [3.05, 3.63) is 29.8 Å². The lowest BCUT2D eigenvalue weighted by atomic mass is 9.96. The monoisotopic (exact) mass is 339 g/mol. The highest BCUT2D eigenvalue weighted by Gasteiger charge is 2.43. The Morgan fingerprint density at radius 2 is 2.04 bits per heavy atom. The lowest BCUT2D eigenvalue weighted by Crippen LogP contribution is -2.53. The van der Waals surface area contributed by atoms with Crippen molar-refractivity contribution in [1.29, 1.82) is 0 Å². The van der Waals surface area contributed by atoms with E-state index in [-0.39, 0.29) is 18.1 Å². The number of ether oxygens (including phenoxy) is 2. The number of sulfonamides is 1. The van der Waals surface area contributed by atoms with Gasteiger partial charge < -0.3 is 9.47 Å². The highest BCUT2D eigenvalue weighted by Crippen LogP contribution is 2.36. The highest BCUT2D eigenvalue weighted by molar-refractivity contribution is 7.89. The fourth-order valence-electron chi connectivity index (χ4n) is 3.90. The van der Waals surface area contributed by atoms with Gasteiger partial charge in [0, 0.05) is 19.6 Å².